The molecule has 0 aliphatic heterocycles. The smallest absolute Gasteiger partial charge is 0.319 e. The van der Waals surface area contributed by atoms with Crippen molar-refractivity contribution in [1.82, 2.24) is 14.7 Å². The molecule has 3 rings (SSSR count). The maximum absolute atomic E-state index is 13.6. The molecule has 0 unspecified atom stereocenters. The van der Waals surface area contributed by atoms with Crippen LogP contribution in [0.3, 0.4) is 0 Å². The zero-order valence-corrected chi connectivity index (χ0v) is 13.9. The van der Waals surface area contributed by atoms with Crippen molar-refractivity contribution in [3.8, 4) is 0 Å². The van der Waals surface area contributed by atoms with Crippen LogP contribution in [0.25, 0.3) is 5.65 Å². The first-order chi connectivity index (χ1) is 11.0. The van der Waals surface area contributed by atoms with Gasteiger partial charge in [0.1, 0.15) is 11.5 Å². The number of pyridine rings is 1. The first kappa shape index (κ1) is 15.5. The number of aromatic nitrogens is 2. The summed E-state index contributed by atoms with van der Waals surface area (Å²) in [5.74, 6) is -0.469. The molecule has 0 fully saturated rings. The van der Waals surface area contributed by atoms with Gasteiger partial charge in [-0.2, -0.15) is 0 Å². The molecule has 7 heteroatoms. The van der Waals surface area contributed by atoms with Crippen LogP contribution in [0.5, 0.6) is 0 Å². The van der Waals surface area contributed by atoms with Gasteiger partial charge in [0.15, 0.2) is 0 Å². The number of carbonyl (C=O) groups excluding carboxylic acids is 1. The minimum absolute atomic E-state index is 0.154. The van der Waals surface area contributed by atoms with Gasteiger partial charge in [-0.05, 0) is 52.7 Å². The van der Waals surface area contributed by atoms with Crippen LogP contribution < -0.4 is 10.6 Å². The number of carbonyl (C=O) groups is 1. The van der Waals surface area contributed by atoms with Gasteiger partial charge in [-0.3, -0.25) is 0 Å². The number of nitrogens with zero attached hydrogens (tertiary/aromatic N) is 2. The number of urea groups is 1. The van der Waals surface area contributed by atoms with Gasteiger partial charge in [0.25, 0.3) is 0 Å². The second-order valence-electron chi connectivity index (χ2n) is 5.14. The molecule has 2 aromatic heterocycles. The van der Waals surface area contributed by atoms with Gasteiger partial charge in [0.05, 0.1) is 17.9 Å². The van der Waals surface area contributed by atoms with Crippen molar-refractivity contribution >= 4 is 33.3 Å². The molecule has 23 heavy (non-hydrogen) atoms. The molecule has 0 aliphatic carbocycles. The van der Waals surface area contributed by atoms with E-state index in [-0.39, 0.29) is 12.2 Å². The van der Waals surface area contributed by atoms with Gasteiger partial charge in [-0.1, -0.05) is 6.07 Å². The number of rotatable bonds is 3. The molecular formula is C16H14BrFN4O. The van der Waals surface area contributed by atoms with Crippen molar-refractivity contribution in [3.05, 3.63) is 64.3 Å². The Kier molecular flexibility index (Phi) is 4.29. The number of aryl methyl sites for hydroxylation is 1. The maximum Gasteiger partial charge on any atom is 0.319 e. The lowest BCUT2D eigenvalue weighted by Crippen LogP contribution is -2.28. The van der Waals surface area contributed by atoms with Crippen molar-refractivity contribution in [2.45, 2.75) is 13.5 Å². The van der Waals surface area contributed by atoms with Crippen molar-refractivity contribution in [2.75, 3.05) is 5.32 Å². The Morgan fingerprint density at radius 1 is 1.30 bits per heavy atom. The molecule has 0 radical (unpaired) electrons. The number of hydrogen-bond donors (Lipinski definition) is 2. The average Bonchev–Trinajstić information content (AvgIpc) is 2.91. The molecule has 118 valence electrons. The van der Waals surface area contributed by atoms with Gasteiger partial charge in [0.2, 0.25) is 0 Å². The summed E-state index contributed by atoms with van der Waals surface area (Å²) in [6, 6.07) is 7.84. The molecule has 0 aliphatic rings. The molecule has 2 amide bonds. The van der Waals surface area contributed by atoms with E-state index in [1.54, 1.807) is 12.1 Å². The topological polar surface area (TPSA) is 58.4 Å². The minimum atomic E-state index is -0.479. The van der Waals surface area contributed by atoms with Crippen molar-refractivity contribution in [1.29, 1.82) is 0 Å². The number of hydrogen-bond acceptors (Lipinski definition) is 2. The van der Waals surface area contributed by atoms with E-state index in [9.17, 15) is 9.18 Å². The summed E-state index contributed by atoms with van der Waals surface area (Å²) in [5, 5.41) is 5.16. The molecule has 3 aromatic rings. The molecule has 0 saturated carbocycles. The monoisotopic (exact) mass is 376 g/mol. The third-order valence-corrected chi connectivity index (χ3v) is 3.73. The molecule has 2 heterocycles. The highest BCUT2D eigenvalue weighted by atomic mass is 79.9. The summed E-state index contributed by atoms with van der Waals surface area (Å²) < 4.78 is 16.4. The van der Waals surface area contributed by atoms with Crippen molar-refractivity contribution in [3.63, 3.8) is 0 Å². The Balaban J connectivity index is 1.64. The van der Waals surface area contributed by atoms with Crippen molar-refractivity contribution in [2.24, 2.45) is 0 Å². The second-order valence-corrected chi connectivity index (χ2v) is 6.05. The minimum Gasteiger partial charge on any atom is -0.332 e. The highest BCUT2D eigenvalue weighted by molar-refractivity contribution is 9.10. The molecule has 0 saturated heterocycles. The Bertz CT molecular complexity index is 878. The summed E-state index contributed by atoms with van der Waals surface area (Å²) in [6.45, 7) is 2.08. The molecular weight excluding hydrogens is 363 g/mol. The van der Waals surface area contributed by atoms with Crippen LogP contribution in [0.2, 0.25) is 0 Å². The number of nitrogens with one attached hydrogen (secondary N) is 2. The highest BCUT2D eigenvalue weighted by Gasteiger charge is 2.08. The van der Waals surface area contributed by atoms with Crippen LogP contribution in [0.1, 0.15) is 11.3 Å². The van der Waals surface area contributed by atoms with E-state index >= 15 is 0 Å². The number of halogens is 2. The Morgan fingerprint density at radius 2 is 2.13 bits per heavy atom. The van der Waals surface area contributed by atoms with Gasteiger partial charge in [-0.15, -0.1) is 0 Å². The molecule has 0 bridgehead atoms. The first-order valence-electron chi connectivity index (χ1n) is 6.95. The number of anilines is 1. The predicted molar refractivity (Wildman–Crippen MR) is 89.9 cm³/mol. The first-order valence-corrected chi connectivity index (χ1v) is 7.75. The highest BCUT2D eigenvalue weighted by Crippen LogP contribution is 2.15. The van der Waals surface area contributed by atoms with E-state index in [2.05, 4.69) is 31.5 Å². The molecule has 5 nitrogen and oxygen atoms in total. The fraction of sp³-hybridized carbons (Fsp3) is 0.125. The van der Waals surface area contributed by atoms with Crippen LogP contribution >= 0.6 is 15.9 Å². The van der Waals surface area contributed by atoms with Gasteiger partial charge >= 0.3 is 6.03 Å². The Labute approximate surface area is 140 Å². The zero-order valence-electron chi connectivity index (χ0n) is 12.3. The fourth-order valence-electron chi connectivity index (χ4n) is 2.17. The lowest BCUT2D eigenvalue weighted by molar-refractivity contribution is 0.251. The lowest BCUT2D eigenvalue weighted by atomic mass is 10.2. The molecule has 1 aromatic carbocycles. The number of fused-ring (bicyclic) bond motifs is 1. The van der Waals surface area contributed by atoms with Crippen molar-refractivity contribution < 1.29 is 9.18 Å². The normalized spacial score (nSPS) is 10.7. The van der Waals surface area contributed by atoms with E-state index < -0.39 is 11.8 Å². The summed E-state index contributed by atoms with van der Waals surface area (Å²) in [5.41, 5.74) is 2.52. The SMILES string of the molecule is Cc1ccc(F)c(NC(=O)NCc2cn3cc(Br)ccc3n2)c1. The predicted octanol–water partition coefficient (Wildman–Crippen LogP) is 3.87. The summed E-state index contributed by atoms with van der Waals surface area (Å²) in [6.07, 6.45) is 3.71. The summed E-state index contributed by atoms with van der Waals surface area (Å²) in [4.78, 5) is 16.3. The quantitative estimate of drug-likeness (QED) is 0.728. The van der Waals surface area contributed by atoms with E-state index in [4.69, 9.17) is 0 Å². The van der Waals surface area contributed by atoms with Crippen LogP contribution in [0.4, 0.5) is 14.9 Å². The second kappa shape index (κ2) is 6.37. The van der Waals surface area contributed by atoms with Gasteiger partial charge in [0, 0.05) is 16.9 Å². The van der Waals surface area contributed by atoms with Crippen LogP contribution in [-0.2, 0) is 6.54 Å². The molecule has 0 spiro atoms. The third kappa shape index (κ3) is 3.68. The zero-order chi connectivity index (χ0) is 16.4. The Morgan fingerprint density at radius 3 is 2.96 bits per heavy atom. The summed E-state index contributed by atoms with van der Waals surface area (Å²) >= 11 is 3.39. The largest absolute Gasteiger partial charge is 0.332 e. The Hall–Kier alpha value is -2.41. The third-order valence-electron chi connectivity index (χ3n) is 3.26. The standard InChI is InChI=1S/C16H14BrFN4O/c1-10-2-4-13(18)14(6-10)21-16(23)19-7-12-9-22-8-11(17)3-5-15(22)20-12/h2-6,8-9H,7H2,1H3,(H2,19,21,23). The van der Waals surface area contributed by atoms with Crippen LogP contribution in [0, 0.1) is 12.7 Å². The molecule has 0 atom stereocenters. The van der Waals surface area contributed by atoms with Crippen LogP contribution in [-0.4, -0.2) is 15.4 Å². The summed E-state index contributed by atoms with van der Waals surface area (Å²) in [7, 11) is 0. The van der Waals surface area contributed by atoms with E-state index in [0.29, 0.717) is 5.69 Å². The molecule has 2 N–H and O–H groups in total. The van der Waals surface area contributed by atoms with Gasteiger partial charge < -0.3 is 15.0 Å². The fourth-order valence-corrected chi connectivity index (χ4v) is 2.53. The lowest BCUT2D eigenvalue weighted by Gasteiger charge is -2.08. The van der Waals surface area contributed by atoms with E-state index in [1.807, 2.05) is 35.9 Å². The number of imidazole rings is 1. The van der Waals surface area contributed by atoms with E-state index in [1.165, 1.54) is 6.07 Å². The average molecular weight is 377 g/mol. The van der Waals surface area contributed by atoms with Gasteiger partial charge in [-0.25, -0.2) is 14.2 Å². The number of amides is 2. The maximum atomic E-state index is 13.6. The van der Waals surface area contributed by atoms with Crippen LogP contribution in [0.15, 0.2) is 47.2 Å². The number of benzene rings is 1. The van der Waals surface area contributed by atoms with E-state index in [0.717, 1.165) is 15.7 Å².